The van der Waals surface area contributed by atoms with Gasteiger partial charge in [-0.2, -0.15) is 13.2 Å². The molecule has 0 radical (unpaired) electrons. The molecule has 1 fully saturated rings. The molecule has 0 aliphatic carbocycles. The summed E-state index contributed by atoms with van der Waals surface area (Å²) in [5.74, 6) is 0. The second kappa shape index (κ2) is 8.37. The summed E-state index contributed by atoms with van der Waals surface area (Å²) in [6.45, 7) is 2.71. The lowest BCUT2D eigenvalue weighted by molar-refractivity contribution is -0.127. The van der Waals surface area contributed by atoms with E-state index in [9.17, 15) is 18.0 Å². The third-order valence-corrected chi connectivity index (χ3v) is 4.11. The van der Waals surface area contributed by atoms with Gasteiger partial charge in [-0.15, -0.1) is 0 Å². The highest BCUT2D eigenvalue weighted by Crippen LogP contribution is 2.23. The lowest BCUT2D eigenvalue weighted by Gasteiger charge is -2.29. The topological polar surface area (TPSA) is 50.4 Å². The van der Waals surface area contributed by atoms with Crippen molar-refractivity contribution in [2.75, 3.05) is 6.61 Å². The fraction of sp³-hybridized carbons (Fsp3) is 0.588. The van der Waals surface area contributed by atoms with Crippen LogP contribution in [0.5, 0.6) is 0 Å². The zero-order valence-corrected chi connectivity index (χ0v) is 13.7. The minimum atomic E-state index is -4.27. The van der Waals surface area contributed by atoms with E-state index in [2.05, 4.69) is 10.6 Å². The van der Waals surface area contributed by atoms with Crippen LogP contribution in [0.3, 0.4) is 0 Å². The fourth-order valence-corrected chi connectivity index (χ4v) is 2.83. The number of hydrogen-bond donors (Lipinski definition) is 2. The molecule has 1 aliphatic heterocycles. The van der Waals surface area contributed by atoms with Gasteiger partial charge in [-0.25, -0.2) is 4.79 Å². The van der Waals surface area contributed by atoms with E-state index in [1.54, 1.807) is 18.2 Å². The monoisotopic (exact) mass is 344 g/mol. The van der Waals surface area contributed by atoms with Crippen molar-refractivity contribution >= 4 is 6.03 Å². The molecule has 2 amide bonds. The maximum Gasteiger partial charge on any atom is 0.393 e. The number of halogens is 3. The molecule has 4 nitrogen and oxygen atoms in total. The first-order valence-corrected chi connectivity index (χ1v) is 8.17. The van der Waals surface area contributed by atoms with Crippen LogP contribution in [0.25, 0.3) is 0 Å². The van der Waals surface area contributed by atoms with Gasteiger partial charge in [0, 0.05) is 19.2 Å². The van der Waals surface area contributed by atoms with Crippen LogP contribution < -0.4 is 10.6 Å². The quantitative estimate of drug-likeness (QED) is 0.858. The molecule has 2 atom stereocenters. The predicted octanol–water partition coefficient (Wildman–Crippen LogP) is 3.55. The lowest BCUT2D eigenvalue weighted by Crippen LogP contribution is -2.46. The van der Waals surface area contributed by atoms with E-state index in [0.29, 0.717) is 12.2 Å². The summed E-state index contributed by atoms with van der Waals surface area (Å²) in [5.41, 5.74) is 0.658. The molecule has 0 aromatic heterocycles. The first-order valence-electron chi connectivity index (χ1n) is 8.17. The molecule has 24 heavy (non-hydrogen) atoms. The third kappa shape index (κ3) is 6.03. The zero-order valence-electron chi connectivity index (χ0n) is 13.7. The largest absolute Gasteiger partial charge is 0.393 e. The van der Waals surface area contributed by atoms with Crippen LogP contribution in [0, 0.1) is 0 Å². The Morgan fingerprint density at radius 1 is 1.29 bits per heavy atom. The predicted molar refractivity (Wildman–Crippen MR) is 84.6 cm³/mol. The van der Waals surface area contributed by atoms with Crippen molar-refractivity contribution in [2.24, 2.45) is 0 Å². The maximum atomic E-state index is 12.6. The van der Waals surface area contributed by atoms with Gasteiger partial charge < -0.3 is 15.4 Å². The van der Waals surface area contributed by atoms with Crippen LogP contribution in [0.4, 0.5) is 18.0 Å². The molecule has 7 heteroatoms. The van der Waals surface area contributed by atoms with Crippen molar-refractivity contribution in [3.05, 3.63) is 35.4 Å². The van der Waals surface area contributed by atoms with E-state index < -0.39 is 12.6 Å². The molecule has 0 bridgehead atoms. The van der Waals surface area contributed by atoms with Crippen LogP contribution in [0.2, 0.25) is 0 Å². The average Bonchev–Trinajstić information content (AvgIpc) is 2.53. The standard InChI is InChI=1S/C17H23F3N2O2/c1-2-15-9-14(7-8-24-15)22-16(23)21-11-13-6-4-3-5-12(13)10-17(18,19)20/h3-6,14-15H,2,7-11H2,1H3,(H2,21,22,23). The summed E-state index contributed by atoms with van der Waals surface area (Å²) in [6.07, 6.45) is -2.72. The summed E-state index contributed by atoms with van der Waals surface area (Å²) in [7, 11) is 0. The Bertz CT molecular complexity index is 549. The minimum absolute atomic E-state index is 0.0362. The Hall–Kier alpha value is -1.76. The molecule has 2 unspecified atom stereocenters. The van der Waals surface area contributed by atoms with Crippen molar-refractivity contribution in [2.45, 2.75) is 57.5 Å². The van der Waals surface area contributed by atoms with Crippen molar-refractivity contribution in [1.29, 1.82) is 0 Å². The average molecular weight is 344 g/mol. The van der Waals surface area contributed by atoms with Crippen LogP contribution in [0.1, 0.15) is 37.3 Å². The Labute approximate surface area is 139 Å². The molecule has 1 saturated heterocycles. The molecule has 1 heterocycles. The second-order valence-electron chi connectivity index (χ2n) is 6.01. The van der Waals surface area contributed by atoms with Gasteiger partial charge in [-0.05, 0) is 30.4 Å². The van der Waals surface area contributed by atoms with Crippen LogP contribution in [-0.2, 0) is 17.7 Å². The Kier molecular flexibility index (Phi) is 6.48. The van der Waals surface area contributed by atoms with Gasteiger partial charge in [0.1, 0.15) is 0 Å². The van der Waals surface area contributed by atoms with Crippen LogP contribution in [-0.4, -0.2) is 31.0 Å². The highest BCUT2D eigenvalue weighted by atomic mass is 19.4. The van der Waals surface area contributed by atoms with Crippen LogP contribution in [0.15, 0.2) is 24.3 Å². The number of benzene rings is 1. The Morgan fingerprint density at radius 3 is 2.67 bits per heavy atom. The van der Waals surface area contributed by atoms with E-state index in [-0.39, 0.29) is 30.3 Å². The maximum absolute atomic E-state index is 12.6. The summed E-state index contributed by atoms with van der Waals surface area (Å²) in [4.78, 5) is 12.0. The minimum Gasteiger partial charge on any atom is -0.378 e. The van der Waals surface area contributed by atoms with Gasteiger partial charge in [0.15, 0.2) is 0 Å². The molecule has 1 aromatic carbocycles. The molecule has 2 N–H and O–H groups in total. The van der Waals surface area contributed by atoms with Crippen molar-refractivity contribution in [3.63, 3.8) is 0 Å². The lowest BCUT2D eigenvalue weighted by atomic mass is 10.0. The van der Waals surface area contributed by atoms with E-state index in [0.717, 1.165) is 19.3 Å². The number of carbonyl (C=O) groups is 1. The summed E-state index contributed by atoms with van der Waals surface area (Å²) < 4.78 is 43.3. The first-order chi connectivity index (χ1) is 11.4. The van der Waals surface area contributed by atoms with Crippen molar-refractivity contribution in [1.82, 2.24) is 10.6 Å². The SMILES string of the molecule is CCC1CC(NC(=O)NCc2ccccc2CC(F)(F)F)CCO1. The number of ether oxygens (including phenoxy) is 1. The smallest absolute Gasteiger partial charge is 0.378 e. The van der Waals surface area contributed by atoms with Gasteiger partial charge >= 0.3 is 12.2 Å². The van der Waals surface area contributed by atoms with Crippen LogP contribution >= 0.6 is 0 Å². The van der Waals surface area contributed by atoms with Gasteiger partial charge in [0.2, 0.25) is 0 Å². The number of amides is 2. The number of alkyl halides is 3. The highest BCUT2D eigenvalue weighted by Gasteiger charge is 2.28. The van der Waals surface area contributed by atoms with Crippen molar-refractivity contribution < 1.29 is 22.7 Å². The first kappa shape index (κ1) is 18.6. The Morgan fingerprint density at radius 2 is 2.00 bits per heavy atom. The molecule has 134 valence electrons. The van der Waals surface area contributed by atoms with E-state index in [1.807, 2.05) is 6.92 Å². The molecule has 1 aliphatic rings. The molecule has 2 rings (SSSR count). The number of hydrogen-bond acceptors (Lipinski definition) is 2. The molecule has 1 aromatic rings. The van der Waals surface area contributed by atoms with E-state index in [4.69, 9.17) is 4.74 Å². The number of carbonyl (C=O) groups excluding carboxylic acids is 1. The Balaban J connectivity index is 1.85. The molecule has 0 spiro atoms. The van der Waals surface area contributed by atoms with Gasteiger partial charge in [0.05, 0.1) is 12.5 Å². The third-order valence-electron chi connectivity index (χ3n) is 4.11. The summed E-state index contributed by atoms with van der Waals surface area (Å²) in [6, 6.07) is 5.94. The van der Waals surface area contributed by atoms with Gasteiger partial charge in [-0.3, -0.25) is 0 Å². The summed E-state index contributed by atoms with van der Waals surface area (Å²) >= 11 is 0. The van der Waals surface area contributed by atoms with E-state index in [1.165, 1.54) is 6.07 Å². The zero-order chi connectivity index (χ0) is 17.6. The number of rotatable bonds is 5. The molecular weight excluding hydrogens is 321 g/mol. The normalized spacial score (nSPS) is 21.3. The van der Waals surface area contributed by atoms with Crippen molar-refractivity contribution in [3.8, 4) is 0 Å². The number of nitrogens with one attached hydrogen (secondary N) is 2. The van der Waals surface area contributed by atoms with E-state index >= 15 is 0 Å². The second-order valence-corrected chi connectivity index (χ2v) is 6.01. The van der Waals surface area contributed by atoms with Gasteiger partial charge in [-0.1, -0.05) is 31.2 Å². The fourth-order valence-electron chi connectivity index (χ4n) is 2.83. The summed E-state index contributed by atoms with van der Waals surface area (Å²) in [5, 5.41) is 5.52. The van der Waals surface area contributed by atoms with Gasteiger partial charge in [0.25, 0.3) is 0 Å². The highest BCUT2D eigenvalue weighted by molar-refractivity contribution is 5.74. The number of urea groups is 1. The molecule has 0 saturated carbocycles. The molecular formula is C17H23F3N2O2.